The Morgan fingerprint density at radius 1 is 1.10 bits per heavy atom. The molecule has 8 heteroatoms. The largest absolute Gasteiger partial charge is 0.507 e. The van der Waals surface area contributed by atoms with Crippen molar-refractivity contribution < 1.29 is 23.5 Å². The van der Waals surface area contributed by atoms with Crippen molar-refractivity contribution in [1.29, 1.82) is 0 Å². The first-order valence-electron chi connectivity index (χ1n) is 9.23. The summed E-state index contributed by atoms with van der Waals surface area (Å²) in [5.74, 6) is -3.16. The number of carbonyl (C=O) groups is 2. The number of Topliss-reactive ketones (excluding diaryl/α,β-unsaturated/α-hetero) is 1. The van der Waals surface area contributed by atoms with Crippen LogP contribution in [0.25, 0.3) is 5.76 Å². The molecular weight excluding hydrogens is 392 g/mol. The van der Waals surface area contributed by atoms with E-state index in [0.29, 0.717) is 12.0 Å². The van der Waals surface area contributed by atoms with Gasteiger partial charge in [-0.2, -0.15) is 0 Å². The Kier molecular flexibility index (Phi) is 5.14. The lowest BCUT2D eigenvalue weighted by molar-refractivity contribution is -0.139. The van der Waals surface area contributed by atoms with Crippen molar-refractivity contribution in [2.75, 3.05) is 6.54 Å². The van der Waals surface area contributed by atoms with Crippen LogP contribution in [0.15, 0.2) is 66.6 Å². The Morgan fingerprint density at radius 3 is 2.53 bits per heavy atom. The number of aromatic nitrogens is 2. The molecule has 1 aliphatic rings. The van der Waals surface area contributed by atoms with E-state index in [2.05, 4.69) is 9.97 Å². The van der Waals surface area contributed by atoms with Gasteiger partial charge in [0.05, 0.1) is 17.9 Å². The van der Waals surface area contributed by atoms with E-state index in [1.165, 1.54) is 41.6 Å². The summed E-state index contributed by atoms with van der Waals surface area (Å²) in [6.45, 7) is 0.147. The van der Waals surface area contributed by atoms with Crippen LogP contribution in [0, 0.1) is 11.6 Å². The van der Waals surface area contributed by atoms with Gasteiger partial charge in [-0.15, -0.1) is 0 Å². The number of rotatable bonds is 5. The number of carbonyl (C=O) groups excluding carboxylic acids is 2. The maximum absolute atomic E-state index is 13.9. The van der Waals surface area contributed by atoms with E-state index >= 15 is 0 Å². The highest BCUT2D eigenvalue weighted by molar-refractivity contribution is 6.46. The first-order chi connectivity index (χ1) is 14.5. The van der Waals surface area contributed by atoms with E-state index in [1.807, 2.05) is 0 Å². The van der Waals surface area contributed by atoms with Gasteiger partial charge in [0.2, 0.25) is 0 Å². The Balaban J connectivity index is 1.80. The molecule has 0 radical (unpaired) electrons. The molecule has 30 heavy (non-hydrogen) atoms. The summed E-state index contributed by atoms with van der Waals surface area (Å²) in [6.07, 6.45) is 3.49. The monoisotopic (exact) mass is 409 g/mol. The number of likely N-dealkylation sites (tertiary alicyclic amines) is 1. The number of H-pyrrole nitrogens is 1. The molecule has 0 unspecified atom stereocenters. The van der Waals surface area contributed by atoms with Gasteiger partial charge < -0.3 is 15.0 Å². The predicted octanol–water partition coefficient (Wildman–Crippen LogP) is 3.35. The molecule has 1 fully saturated rings. The Hall–Kier alpha value is -3.81. The summed E-state index contributed by atoms with van der Waals surface area (Å²) >= 11 is 0. The number of nitrogens with one attached hydrogen (secondary N) is 1. The fourth-order valence-corrected chi connectivity index (χ4v) is 3.56. The SMILES string of the molecule is O=C1C(=O)N(CCc2cnc[nH]2)[C@@H](c2cccc(F)c2)C1=C(O)c1ccc(F)cc1. The van der Waals surface area contributed by atoms with E-state index in [4.69, 9.17) is 0 Å². The maximum atomic E-state index is 13.9. The number of halogens is 2. The van der Waals surface area contributed by atoms with Gasteiger partial charge in [0.1, 0.15) is 17.4 Å². The van der Waals surface area contributed by atoms with Crippen LogP contribution >= 0.6 is 0 Å². The van der Waals surface area contributed by atoms with Crippen molar-refractivity contribution in [1.82, 2.24) is 14.9 Å². The van der Waals surface area contributed by atoms with Crippen molar-refractivity contribution in [3.8, 4) is 0 Å². The van der Waals surface area contributed by atoms with Crippen LogP contribution in [0.3, 0.4) is 0 Å². The molecule has 0 aliphatic carbocycles. The van der Waals surface area contributed by atoms with Crippen molar-refractivity contribution in [3.63, 3.8) is 0 Å². The second-order valence-corrected chi connectivity index (χ2v) is 6.88. The van der Waals surface area contributed by atoms with Gasteiger partial charge in [-0.25, -0.2) is 13.8 Å². The average Bonchev–Trinajstić information content (AvgIpc) is 3.34. The lowest BCUT2D eigenvalue weighted by atomic mass is 9.95. The van der Waals surface area contributed by atoms with E-state index in [0.717, 1.165) is 17.8 Å². The fourth-order valence-electron chi connectivity index (χ4n) is 3.56. The molecule has 4 rings (SSSR count). The summed E-state index contributed by atoms with van der Waals surface area (Å²) in [7, 11) is 0. The molecule has 2 heterocycles. The van der Waals surface area contributed by atoms with Crippen LogP contribution in [0.1, 0.15) is 22.9 Å². The number of amides is 1. The van der Waals surface area contributed by atoms with Gasteiger partial charge in [0.25, 0.3) is 11.7 Å². The first-order valence-corrected chi connectivity index (χ1v) is 9.23. The highest BCUT2D eigenvalue weighted by Crippen LogP contribution is 2.39. The van der Waals surface area contributed by atoms with Gasteiger partial charge >= 0.3 is 0 Å². The number of aliphatic hydroxyl groups excluding tert-OH is 1. The Bertz CT molecular complexity index is 1120. The van der Waals surface area contributed by atoms with Crippen molar-refractivity contribution >= 4 is 17.4 Å². The predicted molar refractivity (Wildman–Crippen MR) is 104 cm³/mol. The summed E-state index contributed by atoms with van der Waals surface area (Å²) in [5, 5.41) is 10.8. The van der Waals surface area contributed by atoms with Gasteiger partial charge in [-0.1, -0.05) is 12.1 Å². The summed E-state index contributed by atoms with van der Waals surface area (Å²) in [6, 6.07) is 9.45. The molecule has 1 aliphatic heterocycles. The number of hydrogen-bond acceptors (Lipinski definition) is 4. The zero-order valence-electron chi connectivity index (χ0n) is 15.7. The lowest BCUT2D eigenvalue weighted by Crippen LogP contribution is -2.31. The van der Waals surface area contributed by atoms with Crippen LogP contribution in [0.4, 0.5) is 8.78 Å². The number of aliphatic hydroxyl groups is 1. The van der Waals surface area contributed by atoms with Gasteiger partial charge in [0, 0.05) is 30.4 Å². The molecule has 2 N–H and O–H groups in total. The highest BCUT2D eigenvalue weighted by atomic mass is 19.1. The minimum atomic E-state index is -0.978. The number of aromatic amines is 1. The molecule has 152 valence electrons. The molecule has 1 atom stereocenters. The second kappa shape index (κ2) is 7.90. The molecule has 2 aromatic carbocycles. The molecule has 1 aromatic heterocycles. The van der Waals surface area contributed by atoms with E-state index in [1.54, 1.807) is 12.3 Å². The number of nitrogens with zero attached hydrogens (tertiary/aromatic N) is 2. The molecule has 0 spiro atoms. The lowest BCUT2D eigenvalue weighted by Gasteiger charge is -2.25. The summed E-state index contributed by atoms with van der Waals surface area (Å²) in [5.41, 5.74) is 1.13. The zero-order valence-corrected chi connectivity index (χ0v) is 15.7. The minimum absolute atomic E-state index is 0.147. The fraction of sp³-hybridized carbons (Fsp3) is 0.136. The molecule has 1 amide bonds. The smallest absolute Gasteiger partial charge is 0.295 e. The molecule has 0 saturated carbocycles. The molecule has 0 bridgehead atoms. The standard InChI is InChI=1S/C22H17F2N3O3/c23-15-6-4-13(5-7-15)20(28)18-19(14-2-1-3-16(24)10-14)27(22(30)21(18)29)9-8-17-11-25-12-26-17/h1-7,10-12,19,28H,8-9H2,(H,25,26)/t19-/m0/s1. The van der Waals surface area contributed by atoms with Crippen LogP contribution < -0.4 is 0 Å². The molecular formula is C22H17F2N3O3. The second-order valence-electron chi connectivity index (χ2n) is 6.88. The molecule has 6 nitrogen and oxygen atoms in total. The third-order valence-corrected chi connectivity index (χ3v) is 5.00. The summed E-state index contributed by atoms with van der Waals surface area (Å²) < 4.78 is 27.2. The normalized spacial score (nSPS) is 18.2. The zero-order chi connectivity index (χ0) is 21.3. The van der Waals surface area contributed by atoms with Crippen LogP contribution in [-0.4, -0.2) is 38.2 Å². The number of imidazole rings is 1. The van der Waals surface area contributed by atoms with Crippen LogP contribution in [0.2, 0.25) is 0 Å². The third-order valence-electron chi connectivity index (χ3n) is 5.00. The average molecular weight is 409 g/mol. The number of hydrogen-bond donors (Lipinski definition) is 2. The van der Waals surface area contributed by atoms with Gasteiger partial charge in [0.15, 0.2) is 0 Å². The quantitative estimate of drug-likeness (QED) is 0.384. The first kappa shape index (κ1) is 19.5. The van der Waals surface area contributed by atoms with Crippen LogP contribution in [0.5, 0.6) is 0 Å². The number of ketones is 1. The van der Waals surface area contributed by atoms with Crippen molar-refractivity contribution in [2.24, 2.45) is 0 Å². The van der Waals surface area contributed by atoms with Gasteiger partial charge in [-0.3, -0.25) is 9.59 Å². The Labute approximate surface area is 170 Å². The molecule has 3 aromatic rings. The maximum Gasteiger partial charge on any atom is 0.295 e. The van der Waals surface area contributed by atoms with E-state index in [9.17, 15) is 23.5 Å². The highest BCUT2D eigenvalue weighted by Gasteiger charge is 2.45. The Morgan fingerprint density at radius 2 is 1.87 bits per heavy atom. The van der Waals surface area contributed by atoms with Crippen molar-refractivity contribution in [2.45, 2.75) is 12.5 Å². The van der Waals surface area contributed by atoms with Crippen LogP contribution in [-0.2, 0) is 16.0 Å². The van der Waals surface area contributed by atoms with Crippen molar-refractivity contribution in [3.05, 3.63) is 95.1 Å². The third kappa shape index (κ3) is 3.59. The van der Waals surface area contributed by atoms with Gasteiger partial charge in [-0.05, 0) is 42.0 Å². The van der Waals surface area contributed by atoms with E-state index in [-0.39, 0.29) is 17.7 Å². The number of benzene rings is 2. The minimum Gasteiger partial charge on any atom is -0.507 e. The van der Waals surface area contributed by atoms with E-state index < -0.39 is 35.1 Å². The molecule has 1 saturated heterocycles. The topological polar surface area (TPSA) is 86.3 Å². The summed E-state index contributed by atoms with van der Waals surface area (Å²) in [4.78, 5) is 33.8.